The molecule has 6 rings (SSSR count). The van der Waals surface area contributed by atoms with Crippen molar-refractivity contribution in [3.63, 3.8) is 0 Å². The highest BCUT2D eigenvalue weighted by Gasteiger charge is 2.33. The fourth-order valence-corrected chi connectivity index (χ4v) is 6.50. The largest absolute Gasteiger partial charge is 0.484 e. The van der Waals surface area contributed by atoms with E-state index >= 15 is 0 Å². The van der Waals surface area contributed by atoms with Gasteiger partial charge in [-0.1, -0.05) is 65.9 Å². The van der Waals surface area contributed by atoms with E-state index in [4.69, 9.17) is 9.84 Å². The molecule has 47 heavy (non-hydrogen) atoms. The van der Waals surface area contributed by atoms with Crippen molar-refractivity contribution in [3.8, 4) is 11.4 Å². The molecule has 0 saturated heterocycles. The number of thioether (sulfide) groups is 1. The first-order valence-electron chi connectivity index (χ1n) is 14.6. The predicted molar refractivity (Wildman–Crippen MR) is 179 cm³/mol. The normalized spacial score (nSPS) is 14.1. The molecule has 0 unspecified atom stereocenters. The molecular weight excluding hydrogens is 639 g/mol. The molecule has 0 fully saturated rings. The zero-order valence-corrected chi connectivity index (χ0v) is 26.8. The Kier molecular flexibility index (Phi) is 9.69. The van der Waals surface area contributed by atoms with Gasteiger partial charge >= 0.3 is 0 Å². The van der Waals surface area contributed by atoms with E-state index < -0.39 is 4.92 Å². The maximum Gasteiger partial charge on any atom is 0.269 e. The summed E-state index contributed by atoms with van der Waals surface area (Å²) in [6, 6.07) is 26.7. The number of amides is 2. The minimum Gasteiger partial charge on any atom is -0.484 e. The Morgan fingerprint density at radius 1 is 1.02 bits per heavy atom. The summed E-state index contributed by atoms with van der Waals surface area (Å²) in [5, 5.41) is 31.3. The summed E-state index contributed by atoms with van der Waals surface area (Å²) in [4.78, 5) is 38.1. The lowest BCUT2D eigenvalue weighted by molar-refractivity contribution is -0.384. The number of nitrogens with one attached hydrogen (secondary N) is 1. The molecule has 2 amide bonds. The van der Waals surface area contributed by atoms with E-state index in [0.29, 0.717) is 28.8 Å². The molecule has 0 spiro atoms. The molecule has 0 saturated carbocycles. The topological polar surface area (TPSA) is 145 Å². The average molecular weight is 668 g/mol. The number of ether oxygens (including phenoxy) is 1. The number of thiophene rings is 1. The number of hydrazone groups is 1. The van der Waals surface area contributed by atoms with Gasteiger partial charge in [0.2, 0.25) is 0 Å². The third kappa shape index (κ3) is 7.56. The summed E-state index contributed by atoms with van der Waals surface area (Å²) in [5.74, 6) is 0.366. The van der Waals surface area contributed by atoms with Gasteiger partial charge < -0.3 is 10.1 Å². The number of nitro benzene ring substituents is 1. The van der Waals surface area contributed by atoms with Crippen LogP contribution < -0.4 is 10.1 Å². The number of hydrogen-bond donors (Lipinski definition) is 1. The van der Waals surface area contributed by atoms with Gasteiger partial charge in [-0.2, -0.15) is 5.10 Å². The molecule has 0 radical (unpaired) electrons. The van der Waals surface area contributed by atoms with Crippen LogP contribution in [0.4, 0.5) is 5.69 Å². The number of aromatic nitrogens is 3. The number of carbonyl (C=O) groups excluding carboxylic acids is 2. The van der Waals surface area contributed by atoms with Crippen LogP contribution in [0.5, 0.6) is 5.75 Å². The first-order valence-corrected chi connectivity index (χ1v) is 16.5. The molecule has 12 nitrogen and oxygen atoms in total. The van der Waals surface area contributed by atoms with Gasteiger partial charge in [0.1, 0.15) is 5.75 Å². The second-order valence-electron chi connectivity index (χ2n) is 10.6. The monoisotopic (exact) mass is 667 g/mol. The van der Waals surface area contributed by atoms with Gasteiger partial charge in [-0.15, -0.1) is 21.5 Å². The van der Waals surface area contributed by atoms with Crippen LogP contribution in [-0.4, -0.2) is 54.6 Å². The van der Waals surface area contributed by atoms with Crippen LogP contribution in [0.15, 0.2) is 107 Å². The molecule has 5 aromatic rings. The highest BCUT2D eigenvalue weighted by atomic mass is 32.2. The summed E-state index contributed by atoms with van der Waals surface area (Å²) in [7, 11) is 0. The van der Waals surface area contributed by atoms with Gasteiger partial charge in [-0.05, 0) is 48.2 Å². The average Bonchev–Trinajstić information content (AvgIpc) is 3.87. The number of benzene rings is 3. The molecular formula is C33H29N7O5S2. The zero-order chi connectivity index (χ0) is 32.8. The van der Waals surface area contributed by atoms with Gasteiger partial charge in [-0.25, -0.2) is 5.01 Å². The Hall–Kier alpha value is -5.34. The highest BCUT2D eigenvalue weighted by Crippen LogP contribution is 2.35. The van der Waals surface area contributed by atoms with E-state index in [1.165, 1.54) is 23.9 Å². The molecule has 3 aromatic carbocycles. The molecule has 0 bridgehead atoms. The fourth-order valence-electron chi connectivity index (χ4n) is 4.96. The fraction of sp³-hybridized carbons (Fsp3) is 0.182. The van der Waals surface area contributed by atoms with Crippen molar-refractivity contribution in [1.82, 2.24) is 25.1 Å². The van der Waals surface area contributed by atoms with Crippen LogP contribution in [0.25, 0.3) is 5.69 Å². The molecule has 1 N–H and O–H groups in total. The summed E-state index contributed by atoms with van der Waals surface area (Å²) in [6.07, 6.45) is 0.594. The molecule has 238 valence electrons. The molecule has 3 heterocycles. The number of para-hydroxylation sites is 1. The number of hydrogen-bond acceptors (Lipinski definition) is 10. The van der Waals surface area contributed by atoms with Crippen molar-refractivity contribution in [2.24, 2.45) is 5.10 Å². The Labute approximate surface area is 278 Å². The van der Waals surface area contributed by atoms with Gasteiger partial charge in [0.25, 0.3) is 17.5 Å². The van der Waals surface area contributed by atoms with Crippen molar-refractivity contribution in [2.45, 2.75) is 31.1 Å². The molecule has 2 aromatic heterocycles. The molecule has 1 aliphatic rings. The molecule has 1 aliphatic heterocycles. The van der Waals surface area contributed by atoms with E-state index in [1.807, 2.05) is 66.9 Å². The van der Waals surface area contributed by atoms with Crippen LogP contribution in [0, 0.1) is 17.0 Å². The lowest BCUT2D eigenvalue weighted by atomic mass is 10.00. The molecule has 1 atom stereocenters. The minimum absolute atomic E-state index is 0.00552. The lowest BCUT2D eigenvalue weighted by Gasteiger charge is -2.22. The lowest BCUT2D eigenvalue weighted by Crippen LogP contribution is -2.29. The minimum atomic E-state index is -0.483. The number of nitro groups is 1. The Morgan fingerprint density at radius 3 is 2.49 bits per heavy atom. The SMILES string of the molecule is Cc1ccc([C@H]2CC(c3cccs3)=NN2C(=O)CSc2nnc(CNC(=O)COc3ccccc3)n2-c2ccc([N+](=O)[O-])cc2)cc1. The van der Waals surface area contributed by atoms with Crippen molar-refractivity contribution < 1.29 is 19.2 Å². The molecule has 0 aliphatic carbocycles. The number of aryl methyl sites for hydroxylation is 1. The van der Waals surface area contributed by atoms with E-state index in [-0.39, 0.29) is 42.4 Å². The quantitative estimate of drug-likeness (QED) is 0.101. The number of rotatable bonds is 12. The third-order valence-corrected chi connectivity index (χ3v) is 9.17. The number of nitrogens with zero attached hydrogens (tertiary/aromatic N) is 6. The van der Waals surface area contributed by atoms with E-state index in [1.54, 1.807) is 45.2 Å². The number of non-ortho nitro benzene ring substituents is 1. The Balaban J connectivity index is 1.20. The summed E-state index contributed by atoms with van der Waals surface area (Å²) >= 11 is 2.75. The first-order chi connectivity index (χ1) is 22.9. The predicted octanol–water partition coefficient (Wildman–Crippen LogP) is 5.71. The van der Waals surface area contributed by atoms with Gasteiger partial charge in [0.15, 0.2) is 17.6 Å². The van der Waals surface area contributed by atoms with E-state index in [2.05, 4.69) is 15.5 Å². The third-order valence-electron chi connectivity index (χ3n) is 7.33. The van der Waals surface area contributed by atoms with Gasteiger partial charge in [-0.3, -0.25) is 24.3 Å². The first kappa shape index (κ1) is 31.6. The molecule has 14 heteroatoms. The van der Waals surface area contributed by atoms with Crippen LogP contribution in [0.2, 0.25) is 0 Å². The maximum atomic E-state index is 13.8. The maximum absolute atomic E-state index is 13.8. The van der Waals surface area contributed by atoms with Crippen LogP contribution in [0.3, 0.4) is 0 Å². The van der Waals surface area contributed by atoms with Crippen LogP contribution in [-0.2, 0) is 16.1 Å². The smallest absolute Gasteiger partial charge is 0.269 e. The van der Waals surface area contributed by atoms with Crippen LogP contribution in [0.1, 0.15) is 34.3 Å². The highest BCUT2D eigenvalue weighted by molar-refractivity contribution is 7.99. The van der Waals surface area contributed by atoms with E-state index in [9.17, 15) is 19.7 Å². The van der Waals surface area contributed by atoms with Gasteiger partial charge in [0, 0.05) is 24.2 Å². The van der Waals surface area contributed by atoms with Crippen molar-refractivity contribution in [2.75, 3.05) is 12.4 Å². The number of carbonyl (C=O) groups is 2. The standard InChI is InChI=1S/C33H29N7O5S2/c1-22-9-11-23(12-10-22)28-18-27(29-8-5-17-46-29)37-39(28)32(42)21-47-33-36-35-30(38(33)24-13-15-25(16-14-24)40(43)44)19-34-31(41)20-45-26-6-3-2-4-7-26/h2-17,28H,18-21H2,1H3,(H,34,41)/t28-/m1/s1. The summed E-state index contributed by atoms with van der Waals surface area (Å²) in [6.45, 7) is 1.83. The Bertz CT molecular complexity index is 1890. The van der Waals surface area contributed by atoms with Crippen LogP contribution >= 0.6 is 23.1 Å². The Morgan fingerprint density at radius 2 is 1.79 bits per heavy atom. The van der Waals surface area contributed by atoms with Crippen molar-refractivity contribution in [1.29, 1.82) is 0 Å². The van der Waals surface area contributed by atoms with Crippen molar-refractivity contribution in [3.05, 3.63) is 128 Å². The summed E-state index contributed by atoms with van der Waals surface area (Å²) < 4.78 is 7.20. The zero-order valence-electron chi connectivity index (χ0n) is 25.2. The van der Waals surface area contributed by atoms with Gasteiger partial charge in [0.05, 0.1) is 33.9 Å². The summed E-state index contributed by atoms with van der Waals surface area (Å²) in [5.41, 5.74) is 3.44. The second kappa shape index (κ2) is 14.4. The van der Waals surface area contributed by atoms with Crippen molar-refractivity contribution >= 4 is 46.3 Å². The van der Waals surface area contributed by atoms with E-state index in [0.717, 1.165) is 21.7 Å². The second-order valence-corrected chi connectivity index (χ2v) is 12.5.